The normalized spacial score (nSPS) is 10.5. The van der Waals surface area contributed by atoms with Crippen LogP contribution in [-0.4, -0.2) is 36.5 Å². The van der Waals surface area contributed by atoms with Crippen molar-refractivity contribution in [1.82, 2.24) is 0 Å². The van der Waals surface area contributed by atoms with E-state index >= 15 is 0 Å². The molecule has 1 aromatic carbocycles. The predicted molar refractivity (Wildman–Crippen MR) is 86.1 cm³/mol. The number of unbranched alkanes of at least 4 members (excludes halogenated alkanes) is 3. The summed E-state index contributed by atoms with van der Waals surface area (Å²) < 4.78 is 10.0. The molecule has 0 unspecified atom stereocenters. The molecule has 0 fully saturated rings. The topological polar surface area (TPSA) is 108 Å². The zero-order valence-corrected chi connectivity index (χ0v) is 13.5. The summed E-state index contributed by atoms with van der Waals surface area (Å²) >= 11 is 0. The third-order valence-corrected chi connectivity index (χ3v) is 3.10. The van der Waals surface area contributed by atoms with Crippen molar-refractivity contribution >= 4 is 12.0 Å². The van der Waals surface area contributed by atoms with Gasteiger partial charge in [-0.25, -0.2) is 4.79 Å². The summed E-state index contributed by atoms with van der Waals surface area (Å²) in [6, 6.07) is 4.73. The van der Waals surface area contributed by atoms with Gasteiger partial charge < -0.3 is 19.4 Å². The minimum absolute atomic E-state index is 0.0286. The summed E-state index contributed by atoms with van der Waals surface area (Å²) in [5.41, 5.74) is 0.701. The molecule has 24 heavy (non-hydrogen) atoms. The average Bonchev–Trinajstić information content (AvgIpc) is 2.56. The van der Waals surface area contributed by atoms with Crippen LogP contribution in [0.3, 0.4) is 0 Å². The SMILES string of the molecule is COc1cc(C=CC(=O)OCCCCCCO[N+](=O)[O-])ccc1O. The van der Waals surface area contributed by atoms with Crippen LogP contribution in [0.4, 0.5) is 0 Å². The molecule has 0 aromatic heterocycles. The van der Waals surface area contributed by atoms with Gasteiger partial charge in [-0.2, -0.15) is 0 Å². The number of phenols is 1. The van der Waals surface area contributed by atoms with E-state index in [4.69, 9.17) is 9.47 Å². The van der Waals surface area contributed by atoms with E-state index in [9.17, 15) is 20.0 Å². The number of carbonyl (C=O) groups excluding carboxylic acids is 1. The highest BCUT2D eigenvalue weighted by Crippen LogP contribution is 2.26. The first-order valence-corrected chi connectivity index (χ1v) is 7.52. The highest BCUT2D eigenvalue weighted by Gasteiger charge is 2.02. The van der Waals surface area contributed by atoms with Gasteiger partial charge in [0.15, 0.2) is 11.5 Å². The molecule has 1 rings (SSSR count). The minimum Gasteiger partial charge on any atom is -0.504 e. The van der Waals surface area contributed by atoms with Gasteiger partial charge in [0.05, 0.1) is 20.3 Å². The lowest BCUT2D eigenvalue weighted by molar-refractivity contribution is -0.757. The first kappa shape index (κ1) is 19.3. The van der Waals surface area contributed by atoms with Crippen molar-refractivity contribution in [2.24, 2.45) is 0 Å². The Labute approximate surface area is 139 Å². The van der Waals surface area contributed by atoms with E-state index in [2.05, 4.69) is 4.84 Å². The van der Waals surface area contributed by atoms with Crippen LogP contribution in [0.15, 0.2) is 24.3 Å². The molecular formula is C16H21NO7. The number of phenolic OH excluding ortho intramolecular Hbond substituents is 1. The second-order valence-electron chi connectivity index (χ2n) is 4.90. The number of methoxy groups -OCH3 is 1. The minimum atomic E-state index is -0.808. The van der Waals surface area contributed by atoms with Crippen molar-refractivity contribution in [1.29, 1.82) is 0 Å². The lowest BCUT2D eigenvalue weighted by atomic mass is 10.2. The Bertz CT molecular complexity index is 572. The van der Waals surface area contributed by atoms with Crippen molar-refractivity contribution in [3.05, 3.63) is 40.0 Å². The lowest BCUT2D eigenvalue weighted by Gasteiger charge is -2.04. The zero-order valence-electron chi connectivity index (χ0n) is 13.5. The van der Waals surface area contributed by atoms with Gasteiger partial charge >= 0.3 is 5.97 Å². The Morgan fingerprint density at radius 2 is 1.96 bits per heavy atom. The van der Waals surface area contributed by atoms with Gasteiger partial charge in [-0.15, -0.1) is 10.1 Å². The Hall–Kier alpha value is -2.77. The first-order valence-electron chi connectivity index (χ1n) is 7.52. The van der Waals surface area contributed by atoms with E-state index < -0.39 is 11.1 Å². The Kier molecular flexibility index (Phi) is 8.73. The summed E-state index contributed by atoms with van der Waals surface area (Å²) in [6.45, 7) is 0.379. The number of esters is 1. The number of hydrogen-bond donors (Lipinski definition) is 1. The van der Waals surface area contributed by atoms with Gasteiger partial charge in [-0.3, -0.25) is 0 Å². The number of nitrogens with zero attached hydrogens (tertiary/aromatic N) is 1. The first-order chi connectivity index (χ1) is 11.5. The van der Waals surface area contributed by atoms with Crippen LogP contribution >= 0.6 is 0 Å². The van der Waals surface area contributed by atoms with Gasteiger partial charge in [0, 0.05) is 6.08 Å². The molecule has 0 saturated heterocycles. The van der Waals surface area contributed by atoms with Crippen LogP contribution in [0.25, 0.3) is 6.08 Å². The lowest BCUT2D eigenvalue weighted by Crippen LogP contribution is -2.03. The molecule has 0 amide bonds. The maximum atomic E-state index is 11.6. The summed E-state index contributed by atoms with van der Waals surface area (Å²) in [5, 5.41) is 18.6. The molecule has 1 aromatic rings. The van der Waals surface area contributed by atoms with E-state index in [1.807, 2.05) is 0 Å². The number of ether oxygens (including phenoxy) is 2. The molecule has 132 valence electrons. The van der Waals surface area contributed by atoms with Crippen molar-refractivity contribution in [3.8, 4) is 11.5 Å². The second-order valence-corrected chi connectivity index (χ2v) is 4.90. The molecule has 1 N–H and O–H groups in total. The second kappa shape index (κ2) is 10.9. The molecule has 8 heteroatoms. The molecule has 0 aliphatic heterocycles. The molecule has 0 aliphatic rings. The van der Waals surface area contributed by atoms with Gasteiger partial charge in [0.25, 0.3) is 5.09 Å². The van der Waals surface area contributed by atoms with E-state index in [0.717, 1.165) is 12.8 Å². The molecule has 0 heterocycles. The van der Waals surface area contributed by atoms with Crippen molar-refractivity contribution in [2.75, 3.05) is 20.3 Å². The van der Waals surface area contributed by atoms with E-state index in [1.54, 1.807) is 18.2 Å². The predicted octanol–water partition coefficient (Wildman–Crippen LogP) is 2.73. The molecule has 0 atom stereocenters. The smallest absolute Gasteiger partial charge is 0.330 e. The highest BCUT2D eigenvalue weighted by molar-refractivity contribution is 5.87. The van der Waals surface area contributed by atoms with Gasteiger partial charge in [-0.1, -0.05) is 12.5 Å². The largest absolute Gasteiger partial charge is 0.504 e. The van der Waals surface area contributed by atoms with E-state index in [-0.39, 0.29) is 19.0 Å². The molecule has 0 aliphatic carbocycles. The van der Waals surface area contributed by atoms with Crippen LogP contribution in [0.5, 0.6) is 11.5 Å². The zero-order chi connectivity index (χ0) is 17.8. The van der Waals surface area contributed by atoms with Crippen molar-refractivity contribution in [3.63, 3.8) is 0 Å². The molecule has 0 bridgehead atoms. The van der Waals surface area contributed by atoms with E-state index in [1.165, 1.54) is 19.3 Å². The summed E-state index contributed by atoms with van der Waals surface area (Å²) in [5.74, 6) is -0.105. The Balaban J connectivity index is 2.18. The average molecular weight is 339 g/mol. The summed E-state index contributed by atoms with van der Waals surface area (Å²) in [6.07, 6.45) is 5.72. The van der Waals surface area contributed by atoms with E-state index in [0.29, 0.717) is 24.2 Å². The Morgan fingerprint density at radius 1 is 1.25 bits per heavy atom. The number of hydrogen-bond acceptors (Lipinski definition) is 7. The summed E-state index contributed by atoms with van der Waals surface area (Å²) in [4.78, 5) is 25.7. The van der Waals surface area contributed by atoms with Gasteiger partial charge in [0.1, 0.15) is 0 Å². The number of benzene rings is 1. The molecule has 0 saturated carbocycles. The molecule has 0 radical (unpaired) electrons. The van der Waals surface area contributed by atoms with Crippen LogP contribution in [-0.2, 0) is 14.4 Å². The van der Waals surface area contributed by atoms with Crippen molar-refractivity contribution in [2.45, 2.75) is 25.7 Å². The molecular weight excluding hydrogens is 318 g/mol. The Morgan fingerprint density at radius 3 is 2.62 bits per heavy atom. The van der Waals surface area contributed by atoms with Crippen LogP contribution in [0.1, 0.15) is 31.2 Å². The quantitative estimate of drug-likeness (QED) is 0.217. The van der Waals surface area contributed by atoms with Crippen LogP contribution in [0, 0.1) is 10.1 Å². The van der Waals surface area contributed by atoms with Crippen molar-refractivity contribution < 1.29 is 29.3 Å². The number of carbonyl (C=O) groups is 1. The van der Waals surface area contributed by atoms with Gasteiger partial charge in [0.2, 0.25) is 0 Å². The standard InChI is InChI=1S/C16H21NO7/c1-22-15-12-13(6-8-14(15)18)7-9-16(19)23-10-4-2-3-5-11-24-17(20)21/h6-9,12,18H,2-5,10-11H2,1H3. The summed E-state index contributed by atoms with van der Waals surface area (Å²) in [7, 11) is 1.44. The fraction of sp³-hybridized carbons (Fsp3) is 0.438. The number of rotatable bonds is 11. The maximum absolute atomic E-state index is 11.6. The molecule has 8 nitrogen and oxygen atoms in total. The monoisotopic (exact) mass is 339 g/mol. The fourth-order valence-corrected chi connectivity index (χ4v) is 1.88. The highest BCUT2D eigenvalue weighted by atomic mass is 16.9. The van der Waals surface area contributed by atoms with Crippen LogP contribution in [0.2, 0.25) is 0 Å². The third-order valence-electron chi connectivity index (χ3n) is 3.10. The maximum Gasteiger partial charge on any atom is 0.330 e. The third kappa shape index (κ3) is 8.02. The molecule has 0 spiro atoms. The van der Waals surface area contributed by atoms with Crippen LogP contribution < -0.4 is 4.74 Å². The number of aromatic hydroxyl groups is 1. The van der Waals surface area contributed by atoms with Gasteiger partial charge in [-0.05, 0) is 43.0 Å². The fourth-order valence-electron chi connectivity index (χ4n) is 1.88.